The van der Waals surface area contributed by atoms with Crippen LogP contribution < -0.4 is 10.2 Å². The van der Waals surface area contributed by atoms with Crippen LogP contribution in [0.1, 0.15) is 25.8 Å². The fraction of sp³-hybridized carbons (Fsp3) is 0.571. The standard InChI is InChI=1S/C14H21BrN2/c1-10(2)16-12-6-7-17(9-12)14-8-11(3)4-5-13(14)15/h4-5,8,10,12,16H,6-7,9H2,1-3H3. The fourth-order valence-electron chi connectivity index (χ4n) is 2.45. The minimum atomic E-state index is 0.570. The van der Waals surface area contributed by atoms with Crippen molar-refractivity contribution >= 4 is 21.6 Å². The molecular weight excluding hydrogens is 276 g/mol. The molecule has 1 N–H and O–H groups in total. The molecule has 0 saturated carbocycles. The summed E-state index contributed by atoms with van der Waals surface area (Å²) in [5.74, 6) is 0. The number of halogens is 1. The average molecular weight is 297 g/mol. The molecule has 94 valence electrons. The first-order chi connectivity index (χ1) is 8.06. The maximum Gasteiger partial charge on any atom is 0.0513 e. The average Bonchev–Trinajstić information content (AvgIpc) is 2.69. The van der Waals surface area contributed by atoms with Crippen LogP contribution >= 0.6 is 15.9 Å². The van der Waals surface area contributed by atoms with Gasteiger partial charge in [0.05, 0.1) is 5.69 Å². The number of hydrogen-bond acceptors (Lipinski definition) is 2. The maximum absolute atomic E-state index is 3.65. The van der Waals surface area contributed by atoms with E-state index < -0.39 is 0 Å². The smallest absolute Gasteiger partial charge is 0.0513 e. The topological polar surface area (TPSA) is 15.3 Å². The molecule has 1 unspecified atom stereocenters. The lowest BCUT2D eigenvalue weighted by Crippen LogP contribution is -2.37. The van der Waals surface area contributed by atoms with Crippen LogP contribution in [0.25, 0.3) is 0 Å². The summed E-state index contributed by atoms with van der Waals surface area (Å²) in [7, 11) is 0. The molecule has 1 aromatic carbocycles. The molecule has 0 amide bonds. The van der Waals surface area contributed by atoms with E-state index in [2.05, 4.69) is 65.1 Å². The molecule has 0 bridgehead atoms. The summed E-state index contributed by atoms with van der Waals surface area (Å²) in [4.78, 5) is 2.47. The molecule has 1 aliphatic rings. The van der Waals surface area contributed by atoms with Gasteiger partial charge in [0.15, 0.2) is 0 Å². The third-order valence-electron chi connectivity index (χ3n) is 3.20. The molecule has 0 aliphatic carbocycles. The van der Waals surface area contributed by atoms with Gasteiger partial charge in [0, 0.05) is 29.6 Å². The number of aryl methyl sites for hydroxylation is 1. The lowest BCUT2D eigenvalue weighted by atomic mass is 10.2. The Morgan fingerprint density at radius 2 is 2.18 bits per heavy atom. The summed E-state index contributed by atoms with van der Waals surface area (Å²) in [6.07, 6.45) is 1.23. The van der Waals surface area contributed by atoms with E-state index in [1.54, 1.807) is 0 Å². The Kier molecular flexibility index (Phi) is 4.10. The van der Waals surface area contributed by atoms with Gasteiger partial charge >= 0.3 is 0 Å². The van der Waals surface area contributed by atoms with Crippen molar-refractivity contribution in [2.75, 3.05) is 18.0 Å². The quantitative estimate of drug-likeness (QED) is 0.920. The lowest BCUT2D eigenvalue weighted by molar-refractivity contribution is 0.492. The van der Waals surface area contributed by atoms with E-state index in [0.717, 1.165) is 13.1 Å². The van der Waals surface area contributed by atoms with Gasteiger partial charge in [-0.25, -0.2) is 0 Å². The largest absolute Gasteiger partial charge is 0.369 e. The van der Waals surface area contributed by atoms with Crippen molar-refractivity contribution in [2.45, 2.75) is 39.3 Å². The van der Waals surface area contributed by atoms with E-state index in [-0.39, 0.29) is 0 Å². The van der Waals surface area contributed by atoms with Crippen LogP contribution in [0.5, 0.6) is 0 Å². The highest BCUT2D eigenvalue weighted by Crippen LogP contribution is 2.30. The van der Waals surface area contributed by atoms with Gasteiger partial charge in [0.1, 0.15) is 0 Å². The van der Waals surface area contributed by atoms with Crippen molar-refractivity contribution in [3.05, 3.63) is 28.2 Å². The molecule has 2 nitrogen and oxygen atoms in total. The Bertz CT molecular complexity index is 390. The molecule has 3 heteroatoms. The van der Waals surface area contributed by atoms with E-state index in [9.17, 15) is 0 Å². The molecule has 1 atom stereocenters. The Morgan fingerprint density at radius 1 is 1.41 bits per heavy atom. The predicted molar refractivity (Wildman–Crippen MR) is 77.8 cm³/mol. The second kappa shape index (κ2) is 5.40. The van der Waals surface area contributed by atoms with Crippen LogP contribution in [0.15, 0.2) is 22.7 Å². The number of nitrogens with one attached hydrogen (secondary N) is 1. The molecule has 1 heterocycles. The first-order valence-corrected chi connectivity index (χ1v) is 7.12. The van der Waals surface area contributed by atoms with Crippen LogP contribution in [-0.4, -0.2) is 25.2 Å². The zero-order valence-electron chi connectivity index (χ0n) is 10.8. The molecule has 17 heavy (non-hydrogen) atoms. The molecule has 0 spiro atoms. The van der Waals surface area contributed by atoms with Gasteiger partial charge in [-0.3, -0.25) is 0 Å². The summed E-state index contributed by atoms with van der Waals surface area (Å²) in [5, 5.41) is 3.62. The maximum atomic E-state index is 3.65. The summed E-state index contributed by atoms with van der Waals surface area (Å²) in [5.41, 5.74) is 2.65. The number of nitrogens with zero attached hydrogens (tertiary/aromatic N) is 1. The van der Waals surface area contributed by atoms with E-state index in [1.165, 1.54) is 22.1 Å². The van der Waals surface area contributed by atoms with Crippen molar-refractivity contribution in [1.29, 1.82) is 0 Å². The molecule has 1 aromatic rings. The first-order valence-electron chi connectivity index (χ1n) is 6.33. The summed E-state index contributed by atoms with van der Waals surface area (Å²) in [6.45, 7) is 8.83. The van der Waals surface area contributed by atoms with Gasteiger partial charge in [-0.15, -0.1) is 0 Å². The van der Waals surface area contributed by atoms with E-state index in [0.29, 0.717) is 12.1 Å². The number of hydrogen-bond donors (Lipinski definition) is 1. The molecule has 1 saturated heterocycles. The molecular formula is C14H21BrN2. The Hall–Kier alpha value is -0.540. The minimum absolute atomic E-state index is 0.570. The van der Waals surface area contributed by atoms with Gasteiger partial charge in [-0.05, 0) is 47.0 Å². The zero-order valence-corrected chi connectivity index (χ0v) is 12.4. The second-order valence-corrected chi connectivity index (χ2v) is 6.06. The molecule has 2 rings (SSSR count). The van der Waals surface area contributed by atoms with Crippen LogP contribution in [0.3, 0.4) is 0 Å². The number of rotatable bonds is 3. The molecule has 1 fully saturated rings. The summed E-state index contributed by atoms with van der Waals surface area (Å²) < 4.78 is 1.20. The third kappa shape index (κ3) is 3.23. The van der Waals surface area contributed by atoms with Crippen LogP contribution in [0, 0.1) is 6.92 Å². The van der Waals surface area contributed by atoms with Gasteiger partial charge in [0.25, 0.3) is 0 Å². The van der Waals surface area contributed by atoms with Crippen molar-refractivity contribution in [1.82, 2.24) is 5.32 Å². The first kappa shape index (κ1) is 12.9. The minimum Gasteiger partial charge on any atom is -0.369 e. The van der Waals surface area contributed by atoms with Crippen molar-refractivity contribution < 1.29 is 0 Å². The van der Waals surface area contributed by atoms with E-state index in [1.807, 2.05) is 0 Å². The Morgan fingerprint density at radius 3 is 2.88 bits per heavy atom. The van der Waals surface area contributed by atoms with Gasteiger partial charge in [0.2, 0.25) is 0 Å². The summed E-state index contributed by atoms with van der Waals surface area (Å²) in [6, 6.07) is 7.76. The van der Waals surface area contributed by atoms with Gasteiger partial charge < -0.3 is 10.2 Å². The predicted octanol–water partition coefficient (Wildman–Crippen LogP) is 3.33. The van der Waals surface area contributed by atoms with Crippen LogP contribution in [0.2, 0.25) is 0 Å². The normalized spacial score (nSPS) is 20.3. The summed E-state index contributed by atoms with van der Waals surface area (Å²) >= 11 is 3.65. The molecule has 0 radical (unpaired) electrons. The van der Waals surface area contributed by atoms with Crippen molar-refractivity contribution in [3.8, 4) is 0 Å². The molecule has 1 aliphatic heterocycles. The van der Waals surface area contributed by atoms with Crippen molar-refractivity contribution in [2.24, 2.45) is 0 Å². The van der Waals surface area contributed by atoms with Gasteiger partial charge in [-0.1, -0.05) is 19.9 Å². The van der Waals surface area contributed by atoms with E-state index >= 15 is 0 Å². The monoisotopic (exact) mass is 296 g/mol. The fourth-order valence-corrected chi connectivity index (χ4v) is 2.95. The number of benzene rings is 1. The van der Waals surface area contributed by atoms with E-state index in [4.69, 9.17) is 0 Å². The third-order valence-corrected chi connectivity index (χ3v) is 3.87. The highest BCUT2D eigenvalue weighted by molar-refractivity contribution is 9.10. The molecule has 0 aromatic heterocycles. The highest BCUT2D eigenvalue weighted by Gasteiger charge is 2.24. The van der Waals surface area contributed by atoms with Crippen LogP contribution in [-0.2, 0) is 0 Å². The SMILES string of the molecule is Cc1ccc(Br)c(N2CCC(NC(C)C)C2)c1. The van der Waals surface area contributed by atoms with Crippen LogP contribution in [0.4, 0.5) is 5.69 Å². The Balaban J connectivity index is 2.07. The van der Waals surface area contributed by atoms with Gasteiger partial charge in [-0.2, -0.15) is 0 Å². The zero-order chi connectivity index (χ0) is 12.4. The Labute approximate surface area is 113 Å². The van der Waals surface area contributed by atoms with Crippen molar-refractivity contribution in [3.63, 3.8) is 0 Å². The highest BCUT2D eigenvalue weighted by atomic mass is 79.9. The second-order valence-electron chi connectivity index (χ2n) is 5.21. The number of anilines is 1. The lowest BCUT2D eigenvalue weighted by Gasteiger charge is -2.21.